The highest BCUT2D eigenvalue weighted by Gasteiger charge is 2.35. The average molecular weight is 411 g/mol. The molecule has 3 aromatic carbocycles. The summed E-state index contributed by atoms with van der Waals surface area (Å²) in [6.07, 6.45) is 6.39. The van der Waals surface area contributed by atoms with E-state index in [-0.39, 0.29) is 6.04 Å². The normalized spacial score (nSPS) is 18.9. The Balaban J connectivity index is 1.66. The van der Waals surface area contributed by atoms with Crippen LogP contribution in [0.15, 0.2) is 83.9 Å². The molecule has 3 nitrogen and oxygen atoms in total. The molecule has 0 amide bonds. The van der Waals surface area contributed by atoms with E-state index in [2.05, 4.69) is 83.8 Å². The second-order valence-electron chi connectivity index (χ2n) is 8.66. The topological polar surface area (TPSA) is 24.8 Å². The predicted molar refractivity (Wildman–Crippen MR) is 127 cm³/mol. The fourth-order valence-electron chi connectivity index (χ4n) is 5.10. The van der Waals surface area contributed by atoms with Crippen molar-refractivity contribution < 1.29 is 4.74 Å². The van der Waals surface area contributed by atoms with Crippen LogP contribution in [-0.2, 0) is 6.54 Å². The number of amidine groups is 1. The van der Waals surface area contributed by atoms with Crippen LogP contribution in [0.2, 0.25) is 0 Å². The molecule has 2 aliphatic rings. The zero-order valence-corrected chi connectivity index (χ0v) is 18.2. The van der Waals surface area contributed by atoms with Gasteiger partial charge in [-0.1, -0.05) is 86.0 Å². The second kappa shape index (κ2) is 8.97. The minimum absolute atomic E-state index is 0.150. The molecule has 0 aromatic heterocycles. The number of hydrogen-bond donors (Lipinski definition) is 0. The summed E-state index contributed by atoms with van der Waals surface area (Å²) in [5.41, 5.74) is 4.94. The van der Waals surface area contributed by atoms with Crippen molar-refractivity contribution in [1.82, 2.24) is 4.90 Å². The third-order valence-corrected chi connectivity index (χ3v) is 6.65. The molecule has 0 spiro atoms. The van der Waals surface area contributed by atoms with Crippen LogP contribution in [-0.4, -0.2) is 17.8 Å². The molecule has 31 heavy (non-hydrogen) atoms. The van der Waals surface area contributed by atoms with Gasteiger partial charge < -0.3 is 9.64 Å². The first-order valence-electron chi connectivity index (χ1n) is 11.5. The predicted octanol–water partition coefficient (Wildman–Crippen LogP) is 6.91. The van der Waals surface area contributed by atoms with Crippen molar-refractivity contribution in [2.45, 2.75) is 44.7 Å². The Kier molecular flexibility index (Phi) is 5.75. The van der Waals surface area contributed by atoms with E-state index < -0.39 is 0 Å². The summed E-state index contributed by atoms with van der Waals surface area (Å²) in [6, 6.07) is 28.2. The van der Waals surface area contributed by atoms with Gasteiger partial charge >= 0.3 is 0 Å². The number of rotatable bonds is 5. The summed E-state index contributed by atoms with van der Waals surface area (Å²) in [7, 11) is 1.73. The lowest BCUT2D eigenvalue weighted by Crippen LogP contribution is -2.41. The average Bonchev–Trinajstić information content (AvgIpc) is 2.85. The highest BCUT2D eigenvalue weighted by Crippen LogP contribution is 2.44. The highest BCUT2D eigenvalue weighted by atomic mass is 16.5. The first kappa shape index (κ1) is 19.9. The van der Waals surface area contributed by atoms with Gasteiger partial charge in [0, 0.05) is 24.1 Å². The van der Waals surface area contributed by atoms with Gasteiger partial charge in [-0.25, -0.2) is 4.99 Å². The molecule has 1 aliphatic heterocycles. The SMILES string of the molecule is COc1ccc2c(c1)N=C(C1CCCCC1)N(Cc1ccccc1)C2c1ccccc1. The zero-order chi connectivity index (χ0) is 21.0. The van der Waals surface area contributed by atoms with E-state index in [0.717, 1.165) is 18.0 Å². The van der Waals surface area contributed by atoms with Gasteiger partial charge in [-0.05, 0) is 30.0 Å². The molecule has 0 radical (unpaired) electrons. The Morgan fingerprint density at radius 3 is 2.29 bits per heavy atom. The minimum atomic E-state index is 0.150. The number of fused-ring (bicyclic) bond motifs is 1. The van der Waals surface area contributed by atoms with Crippen molar-refractivity contribution in [2.24, 2.45) is 10.9 Å². The molecule has 0 N–H and O–H groups in total. The van der Waals surface area contributed by atoms with Crippen LogP contribution in [0, 0.1) is 5.92 Å². The summed E-state index contributed by atoms with van der Waals surface area (Å²) in [6.45, 7) is 0.862. The molecule has 1 atom stereocenters. The van der Waals surface area contributed by atoms with Crippen LogP contribution in [0.5, 0.6) is 5.75 Å². The molecule has 5 rings (SSSR count). The summed E-state index contributed by atoms with van der Waals surface area (Å²) in [4.78, 5) is 7.86. The largest absolute Gasteiger partial charge is 0.497 e. The molecule has 1 saturated carbocycles. The first-order chi connectivity index (χ1) is 15.3. The maximum atomic E-state index is 5.54. The fraction of sp³-hybridized carbons (Fsp3) is 0.321. The number of ether oxygens (including phenoxy) is 1. The maximum Gasteiger partial charge on any atom is 0.121 e. The molecule has 3 aromatic rings. The van der Waals surface area contributed by atoms with E-state index >= 15 is 0 Å². The molecule has 3 heteroatoms. The smallest absolute Gasteiger partial charge is 0.121 e. The van der Waals surface area contributed by atoms with E-state index in [4.69, 9.17) is 9.73 Å². The van der Waals surface area contributed by atoms with Gasteiger partial charge in [-0.3, -0.25) is 0 Å². The molecule has 0 bridgehead atoms. The van der Waals surface area contributed by atoms with E-state index in [9.17, 15) is 0 Å². The van der Waals surface area contributed by atoms with Gasteiger partial charge in [0.25, 0.3) is 0 Å². The number of aliphatic imine (C=N–C) groups is 1. The highest BCUT2D eigenvalue weighted by molar-refractivity contribution is 5.90. The molecule has 1 heterocycles. The van der Waals surface area contributed by atoms with Crippen molar-refractivity contribution in [3.05, 3.63) is 95.6 Å². The lowest BCUT2D eigenvalue weighted by atomic mass is 9.84. The molecule has 1 aliphatic carbocycles. The lowest BCUT2D eigenvalue weighted by Gasteiger charge is -2.42. The molecule has 1 unspecified atom stereocenters. The van der Waals surface area contributed by atoms with E-state index in [1.807, 2.05) is 0 Å². The monoisotopic (exact) mass is 410 g/mol. The van der Waals surface area contributed by atoms with Crippen molar-refractivity contribution >= 4 is 11.5 Å². The third kappa shape index (κ3) is 4.10. The molecule has 158 valence electrons. The summed E-state index contributed by atoms with van der Waals surface area (Å²) in [5, 5.41) is 0. The van der Waals surface area contributed by atoms with Crippen LogP contribution < -0.4 is 4.74 Å². The molecule has 1 fully saturated rings. The second-order valence-corrected chi connectivity index (χ2v) is 8.66. The minimum Gasteiger partial charge on any atom is -0.497 e. The maximum absolute atomic E-state index is 5.54. The third-order valence-electron chi connectivity index (χ3n) is 6.65. The van der Waals surface area contributed by atoms with Gasteiger partial charge in [0.15, 0.2) is 0 Å². The Hall–Kier alpha value is -3.07. The van der Waals surface area contributed by atoms with E-state index in [0.29, 0.717) is 5.92 Å². The van der Waals surface area contributed by atoms with Crippen molar-refractivity contribution in [3.63, 3.8) is 0 Å². The van der Waals surface area contributed by atoms with Gasteiger partial charge in [0.2, 0.25) is 0 Å². The van der Waals surface area contributed by atoms with Crippen LogP contribution in [0.25, 0.3) is 0 Å². The Labute approximate surface area is 185 Å². The molecular weight excluding hydrogens is 380 g/mol. The fourth-order valence-corrected chi connectivity index (χ4v) is 5.10. The van der Waals surface area contributed by atoms with Gasteiger partial charge in [0.1, 0.15) is 11.6 Å². The lowest BCUT2D eigenvalue weighted by molar-refractivity contribution is 0.303. The number of hydrogen-bond acceptors (Lipinski definition) is 3. The van der Waals surface area contributed by atoms with Crippen molar-refractivity contribution in [2.75, 3.05) is 7.11 Å². The van der Waals surface area contributed by atoms with E-state index in [1.165, 1.54) is 54.6 Å². The van der Waals surface area contributed by atoms with Crippen LogP contribution in [0.4, 0.5) is 5.69 Å². The number of nitrogens with zero attached hydrogens (tertiary/aromatic N) is 2. The van der Waals surface area contributed by atoms with Crippen molar-refractivity contribution in [1.29, 1.82) is 0 Å². The number of methoxy groups -OCH3 is 1. The van der Waals surface area contributed by atoms with Crippen molar-refractivity contribution in [3.8, 4) is 5.75 Å². The van der Waals surface area contributed by atoms with Gasteiger partial charge in [0.05, 0.1) is 18.8 Å². The summed E-state index contributed by atoms with van der Waals surface area (Å²) < 4.78 is 5.54. The standard InChI is InChI=1S/C28H30N2O/c1-31-24-17-18-25-26(19-24)29-28(23-15-9-4-10-16-23)30(20-21-11-5-2-6-12-21)27(25)22-13-7-3-8-14-22/h2-3,5-8,11-14,17-19,23,27H,4,9-10,15-16,20H2,1H3. The number of benzene rings is 3. The van der Waals surface area contributed by atoms with Crippen LogP contribution >= 0.6 is 0 Å². The zero-order valence-electron chi connectivity index (χ0n) is 18.2. The van der Waals surface area contributed by atoms with E-state index in [1.54, 1.807) is 7.11 Å². The Bertz CT molecular complexity index is 1040. The molecular formula is C28H30N2O. The van der Waals surface area contributed by atoms with Crippen LogP contribution in [0.1, 0.15) is 54.8 Å². The summed E-state index contributed by atoms with van der Waals surface area (Å²) in [5.74, 6) is 2.63. The summed E-state index contributed by atoms with van der Waals surface area (Å²) >= 11 is 0. The molecule has 0 saturated heterocycles. The Morgan fingerprint density at radius 1 is 0.871 bits per heavy atom. The first-order valence-corrected chi connectivity index (χ1v) is 11.5. The quantitative estimate of drug-likeness (QED) is 0.456. The Morgan fingerprint density at radius 2 is 1.58 bits per heavy atom. The van der Waals surface area contributed by atoms with Gasteiger partial charge in [-0.15, -0.1) is 0 Å². The van der Waals surface area contributed by atoms with Crippen LogP contribution in [0.3, 0.4) is 0 Å². The van der Waals surface area contributed by atoms with Gasteiger partial charge in [-0.2, -0.15) is 0 Å².